The number of fused-ring (bicyclic) bond motifs is 1. The van der Waals surface area contributed by atoms with Gasteiger partial charge in [0.1, 0.15) is 18.4 Å². The number of carbonyl (C=O) groups is 2. The minimum atomic E-state index is -1.43. The standard InChI is InChI=1S/C22H23Cl2N3O4/c1-25-20(29)18-10-14(28)11-27(18,2)22(16-9-13(24)5-7-19(16)31-3)15-8-12(23)4-6-17(15)26-21(22)30/h4-9,14,18,28H,10-11H2,1-3H3,(H-,25,26,29,30)/p+1/t14-,18+,22?,27?/m1/s1. The van der Waals surface area contributed by atoms with Crippen LogP contribution in [0, 0.1) is 0 Å². The van der Waals surface area contributed by atoms with Gasteiger partial charge in [-0.3, -0.25) is 14.1 Å². The Hall–Kier alpha value is -2.32. The lowest BCUT2D eigenvalue weighted by atomic mass is 9.78. The normalized spacial score (nSPS) is 29.4. The Labute approximate surface area is 190 Å². The predicted octanol–water partition coefficient (Wildman–Crippen LogP) is 2.52. The van der Waals surface area contributed by atoms with E-state index in [1.165, 1.54) is 7.11 Å². The Morgan fingerprint density at radius 1 is 1.23 bits per heavy atom. The van der Waals surface area contributed by atoms with Gasteiger partial charge in [-0.25, -0.2) is 0 Å². The molecule has 0 saturated carbocycles. The van der Waals surface area contributed by atoms with Crippen molar-refractivity contribution in [1.82, 2.24) is 5.32 Å². The zero-order valence-electron chi connectivity index (χ0n) is 17.4. The second-order valence-corrected chi connectivity index (χ2v) is 9.04. The number of likely N-dealkylation sites (N-methyl/N-ethyl adjacent to an activating group) is 2. The molecule has 1 saturated heterocycles. The summed E-state index contributed by atoms with van der Waals surface area (Å²) < 4.78 is 5.55. The van der Waals surface area contributed by atoms with Crippen molar-refractivity contribution >= 4 is 40.7 Å². The molecule has 164 valence electrons. The van der Waals surface area contributed by atoms with Crippen LogP contribution in [0.1, 0.15) is 17.5 Å². The highest BCUT2D eigenvalue weighted by molar-refractivity contribution is 6.31. The summed E-state index contributed by atoms with van der Waals surface area (Å²) in [6.45, 7) is 0.174. The summed E-state index contributed by atoms with van der Waals surface area (Å²) in [7, 11) is 4.87. The van der Waals surface area contributed by atoms with Gasteiger partial charge < -0.3 is 20.5 Å². The van der Waals surface area contributed by atoms with Crippen LogP contribution in [-0.2, 0) is 15.1 Å². The molecule has 0 radical (unpaired) electrons. The van der Waals surface area contributed by atoms with Crippen LogP contribution in [0.25, 0.3) is 0 Å². The smallest absolute Gasteiger partial charge is 0.295 e. The van der Waals surface area contributed by atoms with E-state index in [2.05, 4.69) is 10.6 Å². The Balaban J connectivity index is 2.13. The van der Waals surface area contributed by atoms with Crippen molar-refractivity contribution in [3.05, 3.63) is 57.6 Å². The molecule has 2 aliphatic rings. The van der Waals surface area contributed by atoms with E-state index in [0.29, 0.717) is 32.6 Å². The van der Waals surface area contributed by atoms with Crippen LogP contribution in [0.4, 0.5) is 5.69 Å². The number of aliphatic hydroxyl groups excluding tert-OH is 1. The van der Waals surface area contributed by atoms with Gasteiger partial charge in [-0.15, -0.1) is 0 Å². The van der Waals surface area contributed by atoms with Gasteiger partial charge in [0.05, 0.1) is 31.0 Å². The number of hydrogen-bond acceptors (Lipinski definition) is 4. The van der Waals surface area contributed by atoms with Gasteiger partial charge in [0.2, 0.25) is 5.54 Å². The number of nitrogens with one attached hydrogen (secondary N) is 2. The van der Waals surface area contributed by atoms with Crippen LogP contribution in [-0.4, -0.2) is 61.3 Å². The number of carbonyl (C=O) groups excluding carboxylic acids is 2. The molecule has 2 unspecified atom stereocenters. The number of benzene rings is 2. The van der Waals surface area contributed by atoms with Gasteiger partial charge in [-0.2, -0.15) is 0 Å². The van der Waals surface area contributed by atoms with Gasteiger partial charge in [0.15, 0.2) is 6.04 Å². The first kappa shape index (κ1) is 21.9. The van der Waals surface area contributed by atoms with E-state index in [1.54, 1.807) is 43.4 Å². The topological polar surface area (TPSA) is 87.7 Å². The summed E-state index contributed by atoms with van der Waals surface area (Å²) in [5, 5.41) is 17.2. The van der Waals surface area contributed by atoms with Crippen LogP contribution < -0.4 is 15.4 Å². The zero-order valence-corrected chi connectivity index (χ0v) is 18.9. The number of ether oxygens (including phenoxy) is 1. The fourth-order valence-corrected chi connectivity index (χ4v) is 5.65. The summed E-state index contributed by atoms with van der Waals surface area (Å²) in [5.74, 6) is -0.151. The maximum atomic E-state index is 13.9. The van der Waals surface area contributed by atoms with Crippen molar-refractivity contribution < 1.29 is 23.9 Å². The Morgan fingerprint density at radius 3 is 2.52 bits per heavy atom. The summed E-state index contributed by atoms with van der Waals surface area (Å²) in [6.07, 6.45) is -0.561. The first-order valence-corrected chi connectivity index (χ1v) is 10.6. The third kappa shape index (κ3) is 3.03. The Morgan fingerprint density at radius 2 is 1.87 bits per heavy atom. The summed E-state index contributed by atoms with van der Waals surface area (Å²) >= 11 is 12.7. The fraction of sp³-hybridized carbons (Fsp3) is 0.364. The molecule has 31 heavy (non-hydrogen) atoms. The molecule has 0 aliphatic carbocycles. The third-order valence-corrected chi connectivity index (χ3v) is 7.06. The first-order valence-electron chi connectivity index (χ1n) is 9.89. The monoisotopic (exact) mass is 464 g/mol. The molecule has 1 fully saturated rings. The van der Waals surface area contributed by atoms with Crippen molar-refractivity contribution in [3.8, 4) is 5.75 Å². The van der Waals surface area contributed by atoms with Crippen molar-refractivity contribution in [2.75, 3.05) is 33.1 Å². The largest absolute Gasteiger partial charge is 0.496 e. The number of rotatable bonds is 4. The van der Waals surface area contributed by atoms with E-state index < -0.39 is 17.7 Å². The SMILES string of the molecule is CNC(=O)[C@@H]1C[C@@H](O)C[N+]1(C)C1(c2cc(Cl)ccc2OC)C(=O)Nc2ccc(Cl)cc21. The quantitative estimate of drug-likeness (QED) is 0.606. The molecule has 2 aromatic carbocycles. The lowest BCUT2D eigenvalue weighted by Gasteiger charge is -2.48. The highest BCUT2D eigenvalue weighted by atomic mass is 35.5. The van der Waals surface area contributed by atoms with Crippen molar-refractivity contribution in [1.29, 1.82) is 0 Å². The van der Waals surface area contributed by atoms with Crippen LogP contribution in [0.5, 0.6) is 5.75 Å². The second-order valence-electron chi connectivity index (χ2n) is 8.17. The van der Waals surface area contributed by atoms with E-state index >= 15 is 0 Å². The average molecular weight is 465 g/mol. The molecule has 7 nitrogen and oxygen atoms in total. The van der Waals surface area contributed by atoms with E-state index in [9.17, 15) is 14.7 Å². The number of hydrogen-bond donors (Lipinski definition) is 3. The third-order valence-electron chi connectivity index (χ3n) is 6.59. The van der Waals surface area contributed by atoms with Gasteiger partial charge in [0, 0.05) is 23.5 Å². The molecule has 2 amide bonds. The Bertz CT molecular complexity index is 1080. The first-order chi connectivity index (χ1) is 14.7. The van der Waals surface area contributed by atoms with Gasteiger partial charge in [-0.05, 0) is 36.4 Å². The molecule has 0 spiro atoms. The number of likely N-dealkylation sites (tertiary alicyclic amines) is 1. The minimum Gasteiger partial charge on any atom is -0.496 e. The number of quaternary nitrogens is 1. The lowest BCUT2D eigenvalue weighted by molar-refractivity contribution is -0.953. The van der Waals surface area contributed by atoms with Crippen LogP contribution in [0.3, 0.4) is 0 Å². The number of amides is 2. The highest BCUT2D eigenvalue weighted by Crippen LogP contribution is 2.55. The van der Waals surface area contributed by atoms with Gasteiger partial charge in [-0.1, -0.05) is 23.2 Å². The molecule has 9 heteroatoms. The molecular formula is C22H24Cl2N3O4+. The Kier molecular flexibility index (Phi) is 5.42. The van der Waals surface area contributed by atoms with Gasteiger partial charge >= 0.3 is 0 Å². The number of aliphatic hydroxyl groups is 1. The molecule has 2 aromatic rings. The van der Waals surface area contributed by atoms with Crippen LogP contribution in [0.2, 0.25) is 10.0 Å². The highest BCUT2D eigenvalue weighted by Gasteiger charge is 2.68. The fourth-order valence-electron chi connectivity index (χ4n) is 5.31. The number of nitrogens with zero attached hydrogens (tertiary/aromatic N) is 1. The summed E-state index contributed by atoms with van der Waals surface area (Å²) in [6, 6.07) is 9.53. The minimum absolute atomic E-state index is 0.0935. The summed E-state index contributed by atoms with van der Waals surface area (Å²) in [4.78, 5) is 26.9. The maximum Gasteiger partial charge on any atom is 0.295 e. The maximum absolute atomic E-state index is 13.9. The van der Waals surface area contributed by atoms with Crippen LogP contribution in [0.15, 0.2) is 36.4 Å². The molecule has 0 bridgehead atoms. The van der Waals surface area contributed by atoms with Gasteiger partial charge in [0.25, 0.3) is 11.8 Å². The van der Waals surface area contributed by atoms with E-state index in [1.807, 2.05) is 7.05 Å². The lowest BCUT2D eigenvalue weighted by Crippen LogP contribution is -2.68. The average Bonchev–Trinajstić information content (AvgIpc) is 3.20. The van der Waals surface area contributed by atoms with E-state index in [0.717, 1.165) is 0 Å². The zero-order chi connectivity index (χ0) is 22.6. The van der Waals surface area contributed by atoms with Crippen molar-refractivity contribution in [3.63, 3.8) is 0 Å². The van der Waals surface area contributed by atoms with E-state index in [-0.39, 0.29) is 29.3 Å². The molecule has 2 heterocycles. The molecular weight excluding hydrogens is 441 g/mol. The second kappa shape index (κ2) is 7.67. The molecule has 4 atom stereocenters. The molecule has 2 aliphatic heterocycles. The van der Waals surface area contributed by atoms with Crippen LogP contribution >= 0.6 is 23.2 Å². The number of anilines is 1. The van der Waals surface area contributed by atoms with E-state index in [4.69, 9.17) is 27.9 Å². The molecule has 4 rings (SSSR count). The number of halogens is 2. The van der Waals surface area contributed by atoms with Crippen molar-refractivity contribution in [2.45, 2.75) is 24.1 Å². The van der Waals surface area contributed by atoms with Crippen molar-refractivity contribution in [2.24, 2.45) is 0 Å². The summed E-state index contributed by atoms with van der Waals surface area (Å²) in [5.41, 5.74) is 0.279. The predicted molar refractivity (Wildman–Crippen MR) is 118 cm³/mol. The number of methoxy groups -OCH3 is 1. The molecule has 3 N–H and O–H groups in total. The molecule has 0 aromatic heterocycles.